The van der Waals surface area contributed by atoms with Crippen LogP contribution >= 0.6 is 15.9 Å². The Bertz CT molecular complexity index is 5970. The third-order valence-corrected chi connectivity index (χ3v) is 25.7. The van der Waals surface area contributed by atoms with Gasteiger partial charge in [0.25, 0.3) is 0 Å². The van der Waals surface area contributed by atoms with Crippen LogP contribution in [0.1, 0.15) is 289 Å². The lowest BCUT2D eigenvalue weighted by Gasteiger charge is -2.26. The number of rotatable bonds is 30. The Balaban J connectivity index is 0.989. The Morgan fingerprint density at radius 1 is 0.353 bits per heavy atom. The van der Waals surface area contributed by atoms with Gasteiger partial charge < -0.3 is 29.4 Å². The van der Waals surface area contributed by atoms with Gasteiger partial charge in [-0.1, -0.05) is 255 Å². The molecule has 16 bridgehead atoms. The second-order valence-electron chi connectivity index (χ2n) is 35.6. The fourth-order valence-corrected chi connectivity index (χ4v) is 18.3. The lowest BCUT2D eigenvalue weighted by molar-refractivity contribution is 0.292. The van der Waals surface area contributed by atoms with Gasteiger partial charge in [0.2, 0.25) is 0 Å². The van der Waals surface area contributed by atoms with Crippen molar-refractivity contribution >= 4 is 107 Å². The molecule has 5 aromatic carbocycles. The van der Waals surface area contributed by atoms with Crippen LogP contribution in [0.2, 0.25) is 0 Å². The summed E-state index contributed by atoms with van der Waals surface area (Å²) in [5.41, 5.74) is 38.5. The van der Waals surface area contributed by atoms with Crippen LogP contribution < -0.4 is 9.47 Å². The van der Waals surface area contributed by atoms with Crippen molar-refractivity contribution in [3.8, 4) is 56.0 Å². The summed E-state index contributed by atoms with van der Waals surface area (Å²) in [6.07, 6.45) is 30.4. The number of nitrogens with one attached hydrogen (secondary N) is 4. The zero-order valence-corrected chi connectivity index (χ0v) is 74.5. The van der Waals surface area contributed by atoms with E-state index in [0.29, 0.717) is 13.2 Å². The van der Waals surface area contributed by atoms with E-state index in [-0.39, 0.29) is 10.8 Å². The minimum Gasteiger partial charge on any atom is -0.488 e. The molecule has 11 aromatic rings. The van der Waals surface area contributed by atoms with E-state index in [1.165, 1.54) is 81.4 Å². The number of aromatic amines is 4. The highest BCUT2D eigenvalue weighted by Gasteiger charge is 2.31. The van der Waals surface area contributed by atoms with Crippen LogP contribution in [0.5, 0.6) is 11.5 Å². The van der Waals surface area contributed by atoms with Crippen molar-refractivity contribution < 1.29 is 9.47 Å². The van der Waals surface area contributed by atoms with Gasteiger partial charge in [-0.05, 0) is 268 Å². The molecule has 4 N–H and O–H groups in total. The predicted octanol–water partition coefficient (Wildman–Crippen LogP) is 31.1. The van der Waals surface area contributed by atoms with Gasteiger partial charge in [-0.3, -0.25) is 0 Å². The van der Waals surface area contributed by atoms with Crippen molar-refractivity contribution in [2.75, 3.05) is 0 Å². The number of ether oxygens (including phenoxy) is 2. The number of aryl methyl sites for hydroxylation is 4. The normalized spacial score (nSPS) is 12.9. The van der Waals surface area contributed by atoms with E-state index < -0.39 is 0 Å². The van der Waals surface area contributed by atoms with E-state index in [2.05, 4.69) is 321 Å². The Morgan fingerprint density at radius 2 is 0.798 bits per heavy atom. The first-order valence-corrected chi connectivity index (χ1v) is 45.2. The number of nitrogens with zero attached hydrogens (tertiary/aromatic N) is 4. The average molecular weight is 1640 g/mol. The van der Waals surface area contributed by atoms with Crippen molar-refractivity contribution in [2.45, 2.75) is 249 Å². The number of hydrogen-bond donors (Lipinski definition) is 4. The number of allylic oxidation sites excluding steroid dienone is 4. The molecule has 15 rings (SSSR count). The zero-order valence-electron chi connectivity index (χ0n) is 72.9. The number of halogens is 1. The molecular weight excluding hydrogens is 1520 g/mol. The number of hydrogen-bond acceptors (Lipinski definition) is 6. The highest BCUT2D eigenvalue weighted by molar-refractivity contribution is 9.10. The third kappa shape index (κ3) is 18.3. The van der Waals surface area contributed by atoms with Crippen molar-refractivity contribution in [2.24, 2.45) is 0 Å². The summed E-state index contributed by atoms with van der Waals surface area (Å²) in [5.74, 6) is 1.48. The van der Waals surface area contributed by atoms with Crippen LogP contribution in [-0.4, -0.2) is 39.9 Å². The smallest absolute Gasteiger partial charge is 0.131 e. The molecule has 6 aromatic heterocycles. The quantitative estimate of drug-likeness (QED) is 0.0332. The molecule has 10 heterocycles. The molecule has 0 unspecified atom stereocenters. The molecule has 0 saturated heterocycles. The maximum atomic E-state index is 7.22. The molecule has 0 radical (unpaired) electrons. The van der Waals surface area contributed by atoms with E-state index >= 15 is 0 Å². The summed E-state index contributed by atoms with van der Waals surface area (Å²) < 4.78 is 15.3. The number of H-pyrrole nitrogens is 4. The maximum absolute atomic E-state index is 7.22. The van der Waals surface area contributed by atoms with Crippen LogP contribution in [0.25, 0.3) is 135 Å². The summed E-state index contributed by atoms with van der Waals surface area (Å²) >= 11 is 4.13. The second-order valence-corrected chi connectivity index (χ2v) is 36.4. The lowest BCUT2D eigenvalue weighted by Crippen LogP contribution is -2.16. The first-order valence-electron chi connectivity index (χ1n) is 44.4. The fourth-order valence-electron chi connectivity index (χ4n) is 17.8. The van der Waals surface area contributed by atoms with Crippen molar-refractivity contribution in [3.63, 3.8) is 0 Å². The average Bonchev–Trinajstić information content (AvgIpc) is 1.59. The van der Waals surface area contributed by atoms with Crippen LogP contribution in [0.4, 0.5) is 0 Å². The Kier molecular flexibility index (Phi) is 25.9. The van der Waals surface area contributed by atoms with E-state index in [1.54, 1.807) is 0 Å². The van der Waals surface area contributed by atoms with Gasteiger partial charge in [0.1, 0.15) is 24.7 Å². The summed E-state index contributed by atoms with van der Waals surface area (Å²) in [4.78, 5) is 39.7. The van der Waals surface area contributed by atoms with Gasteiger partial charge >= 0.3 is 0 Å². The van der Waals surface area contributed by atoms with Gasteiger partial charge in [-0.2, -0.15) is 0 Å². The first kappa shape index (κ1) is 83.4. The van der Waals surface area contributed by atoms with Crippen molar-refractivity contribution in [3.05, 3.63) is 258 Å². The van der Waals surface area contributed by atoms with Crippen LogP contribution in [0.3, 0.4) is 0 Å². The van der Waals surface area contributed by atoms with E-state index in [9.17, 15) is 0 Å². The van der Waals surface area contributed by atoms with E-state index in [4.69, 9.17) is 29.4 Å². The Morgan fingerprint density at radius 3 is 1.32 bits per heavy atom. The van der Waals surface area contributed by atoms with Crippen LogP contribution in [-0.2, 0) is 36.9 Å². The largest absolute Gasteiger partial charge is 0.488 e. The molecule has 0 saturated carbocycles. The second kappa shape index (κ2) is 36.9. The molecule has 0 fully saturated rings. The predicted molar refractivity (Wildman–Crippen MR) is 509 cm³/mol. The molecule has 4 aliphatic rings. The molecule has 0 atom stereocenters. The molecule has 10 nitrogen and oxygen atoms in total. The first-order chi connectivity index (χ1) is 57.7. The molecule has 0 amide bonds. The summed E-state index contributed by atoms with van der Waals surface area (Å²) in [7, 11) is 0. The maximum Gasteiger partial charge on any atom is 0.131 e. The monoisotopic (exact) mass is 1640 g/mol. The van der Waals surface area contributed by atoms with Gasteiger partial charge in [-0.25, -0.2) is 19.9 Å². The highest BCUT2D eigenvalue weighted by Crippen LogP contribution is 2.50. The van der Waals surface area contributed by atoms with Crippen molar-refractivity contribution in [1.29, 1.82) is 0 Å². The summed E-state index contributed by atoms with van der Waals surface area (Å²) in [6.45, 7) is 33.2. The number of benzene rings is 5. The SMILES string of the molecule is CCCCCCC1=C(C)c2nc1cc1[nH]c(c(C)c1CCCCCC)c(-c1c(OCc3ccccc3)cccc1OCc1ccccc1)c1nc(cc3[nH]c(c(C)c3CCCCCC)c2-c2ccc(-c3c4nc(c(Br)c5ccc([nH]5)c(-c5cc(C(C)(C)C)cc(C(C)(C)C)c5)c5nc(cc6ccc3[nH]6)C=C5)C=C4)cc2)C(CCCCCC)=C1C. The molecule has 11 heteroatoms. The minimum absolute atomic E-state index is 0.0725. The minimum atomic E-state index is -0.0725. The molecule has 119 heavy (non-hydrogen) atoms. The Labute approximate surface area is 714 Å². The molecular formula is C108H121BrN8O2. The number of fused-ring (bicyclic) bond motifs is 16. The van der Waals surface area contributed by atoms with Crippen LogP contribution in [0.15, 0.2) is 168 Å². The highest BCUT2D eigenvalue weighted by atomic mass is 79.9. The van der Waals surface area contributed by atoms with Gasteiger partial charge in [0.15, 0.2) is 0 Å². The topological polar surface area (TPSA) is 133 Å². The third-order valence-electron chi connectivity index (χ3n) is 24.8. The van der Waals surface area contributed by atoms with E-state index in [0.717, 1.165) is 264 Å². The van der Waals surface area contributed by atoms with E-state index in [1.807, 2.05) is 0 Å². The molecule has 0 spiro atoms. The lowest BCUT2D eigenvalue weighted by atomic mass is 9.79. The Hall–Kier alpha value is -10.6. The summed E-state index contributed by atoms with van der Waals surface area (Å²) in [6, 6.07) is 59.6. The van der Waals surface area contributed by atoms with Gasteiger partial charge in [0, 0.05) is 49.8 Å². The zero-order chi connectivity index (χ0) is 83.1. The fraction of sp³-hybridized carbons (Fsp3) is 0.352. The molecule has 4 aliphatic heterocycles. The number of unbranched alkanes of at least 4 members (excludes halogenated alkanes) is 12. The molecule has 612 valence electrons. The van der Waals surface area contributed by atoms with Gasteiger partial charge in [-0.15, -0.1) is 0 Å². The number of aromatic nitrogens is 8. The standard InChI is InChI=1S/C108H121BrN8O2/c1-15-19-23-33-42-81-68(5)103-99(75-50-48-74(49-51-75)97-85-54-52-79(110-85)63-80-53-55-86(111-80)98(76-60-77(107(9,10)11)62-78(61-76)108(12,13)14)88-57-59-90(113-88)102(109)89-58-56-87(97)112-89)104-69(6)82(43-34-24-20-16-2)92(115-104)65-94-84(45-36-26-22-18-4)71(8)106(117-94)101(105-70(7)83(44-35-25-21-17-3)93(116-105)64-91(81)114-103)100-95(118-66-72-38-29-27-30-39-72)46-37-47-96(100)119-67-73-40-31-28-32-41-73/h27-32,37-41,46-65,110,113-114,117H,15-26,33-36,42-45,66-67H2,1-14H3. The van der Waals surface area contributed by atoms with Crippen LogP contribution in [0, 0.1) is 13.8 Å². The van der Waals surface area contributed by atoms with Gasteiger partial charge in [0.05, 0.1) is 72.1 Å². The summed E-state index contributed by atoms with van der Waals surface area (Å²) in [5, 5.41) is 0. The molecule has 0 aliphatic carbocycles. The van der Waals surface area contributed by atoms with Crippen molar-refractivity contribution in [1.82, 2.24) is 39.9 Å².